The van der Waals surface area contributed by atoms with Crippen LogP contribution in [-0.2, 0) is 14.3 Å². The molecule has 0 radical (unpaired) electrons. The van der Waals surface area contributed by atoms with Gasteiger partial charge >= 0.3 is 0 Å². The summed E-state index contributed by atoms with van der Waals surface area (Å²) in [4.78, 5) is 21.8. The van der Waals surface area contributed by atoms with E-state index in [-0.39, 0.29) is 0 Å². The lowest BCUT2D eigenvalue weighted by Crippen LogP contribution is -2.29. The molecule has 0 aromatic heterocycles. The second-order valence-corrected chi connectivity index (χ2v) is 2.96. The third-order valence-corrected chi connectivity index (χ3v) is 1.61. The van der Waals surface area contributed by atoms with Gasteiger partial charge in [0.25, 0.3) is 0 Å². The van der Waals surface area contributed by atoms with Crippen LogP contribution in [0.15, 0.2) is 0 Å². The number of rotatable bonds is 0. The molecule has 10 heavy (non-hydrogen) atoms. The van der Waals surface area contributed by atoms with Gasteiger partial charge in [0.05, 0.1) is 0 Å². The molecule has 1 unspecified atom stereocenters. The van der Waals surface area contributed by atoms with E-state index in [1.807, 2.05) is 0 Å². The summed E-state index contributed by atoms with van der Waals surface area (Å²) < 4.78 is 5.07. The molecule has 0 N–H and O–H groups in total. The molecule has 1 rings (SSSR count). The Morgan fingerprint density at radius 3 is 2.00 bits per heavy atom. The van der Waals surface area contributed by atoms with Crippen molar-refractivity contribution in [3.8, 4) is 0 Å². The Morgan fingerprint density at radius 1 is 1.40 bits per heavy atom. The van der Waals surface area contributed by atoms with Gasteiger partial charge in [-0.25, -0.2) is 0 Å². The Balaban J connectivity index is 2.92. The van der Waals surface area contributed by atoms with Crippen molar-refractivity contribution in [2.75, 3.05) is 0 Å². The van der Waals surface area contributed by atoms with Crippen LogP contribution >= 0.6 is 0 Å². The van der Waals surface area contributed by atoms with Gasteiger partial charge in [0.1, 0.15) is 11.7 Å². The summed E-state index contributed by atoms with van der Waals surface area (Å²) in [7, 11) is 0. The van der Waals surface area contributed by atoms with Crippen LogP contribution in [0.5, 0.6) is 0 Å². The van der Waals surface area contributed by atoms with E-state index in [1.54, 1.807) is 20.8 Å². The summed E-state index contributed by atoms with van der Waals surface area (Å²) in [6.45, 7) is 4.81. The molecule has 1 saturated heterocycles. The molecular weight excluding hydrogens is 132 g/mol. The lowest BCUT2D eigenvalue weighted by Gasteiger charge is -2.13. The minimum absolute atomic E-state index is 0.412. The van der Waals surface area contributed by atoms with Crippen molar-refractivity contribution in [2.24, 2.45) is 0 Å². The quantitative estimate of drug-likeness (QED) is 0.457. The summed E-state index contributed by atoms with van der Waals surface area (Å²) in [6, 6.07) is 0. The number of carbonyl (C=O) groups excluding carboxylic acids is 2. The molecule has 0 saturated carbocycles. The molecule has 0 amide bonds. The Morgan fingerprint density at radius 2 is 1.90 bits per heavy atom. The van der Waals surface area contributed by atoms with E-state index in [4.69, 9.17) is 4.74 Å². The zero-order chi connectivity index (χ0) is 7.94. The summed E-state index contributed by atoms with van der Waals surface area (Å²) >= 11 is 0. The molecule has 3 heteroatoms. The second-order valence-electron chi connectivity index (χ2n) is 2.96. The molecule has 1 heterocycles. The standard InChI is InChI=1S/C7H10O3/c1-4-5(8)6(9)7(2,3)10-4/h4H,1-3H3. The predicted molar refractivity (Wildman–Crippen MR) is 34.6 cm³/mol. The molecule has 0 spiro atoms. The molecule has 0 bridgehead atoms. The van der Waals surface area contributed by atoms with Crippen LogP contribution in [0.4, 0.5) is 0 Å². The third kappa shape index (κ3) is 0.865. The van der Waals surface area contributed by atoms with Crippen LogP contribution in [0.3, 0.4) is 0 Å². The zero-order valence-electron chi connectivity index (χ0n) is 6.30. The van der Waals surface area contributed by atoms with Crippen molar-refractivity contribution in [3.05, 3.63) is 0 Å². The summed E-state index contributed by atoms with van der Waals surface area (Å²) in [6.07, 6.45) is -0.553. The lowest BCUT2D eigenvalue weighted by atomic mass is 10.0. The van der Waals surface area contributed by atoms with E-state index >= 15 is 0 Å². The van der Waals surface area contributed by atoms with E-state index in [2.05, 4.69) is 0 Å². The monoisotopic (exact) mass is 142 g/mol. The van der Waals surface area contributed by atoms with Crippen molar-refractivity contribution in [3.63, 3.8) is 0 Å². The highest BCUT2D eigenvalue weighted by molar-refractivity contribution is 6.43. The Kier molecular flexibility index (Phi) is 1.40. The smallest absolute Gasteiger partial charge is 0.232 e. The third-order valence-electron chi connectivity index (χ3n) is 1.61. The molecule has 3 nitrogen and oxygen atoms in total. The normalized spacial score (nSPS) is 31.3. The number of hydrogen-bond donors (Lipinski definition) is 0. The van der Waals surface area contributed by atoms with Crippen molar-refractivity contribution in [1.82, 2.24) is 0 Å². The van der Waals surface area contributed by atoms with Gasteiger partial charge in [0, 0.05) is 0 Å². The van der Waals surface area contributed by atoms with Gasteiger partial charge < -0.3 is 4.74 Å². The Hall–Kier alpha value is -0.700. The first-order chi connectivity index (χ1) is 4.45. The van der Waals surface area contributed by atoms with Gasteiger partial charge in [-0.1, -0.05) is 0 Å². The molecule has 56 valence electrons. The maximum atomic E-state index is 11.0. The fraction of sp³-hybridized carbons (Fsp3) is 0.714. The maximum Gasteiger partial charge on any atom is 0.232 e. The number of ketones is 2. The van der Waals surface area contributed by atoms with Crippen LogP contribution in [0.25, 0.3) is 0 Å². The van der Waals surface area contributed by atoms with Crippen molar-refractivity contribution in [2.45, 2.75) is 32.5 Å². The molecule has 0 aliphatic carbocycles. The molecule has 0 aromatic carbocycles. The first kappa shape index (κ1) is 7.41. The molecule has 1 fully saturated rings. The van der Waals surface area contributed by atoms with Gasteiger partial charge in [-0.2, -0.15) is 0 Å². The molecule has 1 aliphatic rings. The molecule has 1 aliphatic heterocycles. The fourth-order valence-electron chi connectivity index (χ4n) is 1.03. The van der Waals surface area contributed by atoms with E-state index in [0.29, 0.717) is 0 Å². The molecular formula is C7H10O3. The number of carbonyl (C=O) groups is 2. The topological polar surface area (TPSA) is 43.4 Å². The van der Waals surface area contributed by atoms with Crippen LogP contribution in [0, 0.1) is 0 Å². The average molecular weight is 142 g/mol. The van der Waals surface area contributed by atoms with Crippen LogP contribution in [0.1, 0.15) is 20.8 Å². The lowest BCUT2D eigenvalue weighted by molar-refractivity contribution is -0.136. The van der Waals surface area contributed by atoms with Crippen molar-refractivity contribution < 1.29 is 14.3 Å². The highest BCUT2D eigenvalue weighted by Crippen LogP contribution is 2.22. The molecule has 1 atom stereocenters. The van der Waals surface area contributed by atoms with E-state index in [9.17, 15) is 9.59 Å². The minimum atomic E-state index is -0.892. The first-order valence-electron chi connectivity index (χ1n) is 3.21. The van der Waals surface area contributed by atoms with Crippen LogP contribution in [0.2, 0.25) is 0 Å². The SMILES string of the molecule is CC1OC(C)(C)C(=O)C1=O. The number of ether oxygens (including phenoxy) is 1. The van der Waals surface area contributed by atoms with Gasteiger partial charge in [-0.3, -0.25) is 9.59 Å². The largest absolute Gasteiger partial charge is 0.356 e. The van der Waals surface area contributed by atoms with Crippen LogP contribution in [-0.4, -0.2) is 23.3 Å². The minimum Gasteiger partial charge on any atom is -0.356 e. The maximum absolute atomic E-state index is 11.0. The van der Waals surface area contributed by atoms with Gasteiger partial charge in [0.2, 0.25) is 11.6 Å². The predicted octanol–water partition coefficient (Wildman–Crippen LogP) is 0.322. The summed E-state index contributed by atoms with van der Waals surface area (Å²) in [5.74, 6) is -0.829. The highest BCUT2D eigenvalue weighted by atomic mass is 16.5. The fourth-order valence-corrected chi connectivity index (χ4v) is 1.03. The summed E-state index contributed by atoms with van der Waals surface area (Å²) in [5, 5.41) is 0. The first-order valence-corrected chi connectivity index (χ1v) is 3.21. The van der Waals surface area contributed by atoms with E-state index < -0.39 is 23.3 Å². The highest BCUT2D eigenvalue weighted by Gasteiger charge is 2.45. The molecule has 0 aromatic rings. The second kappa shape index (κ2) is 1.89. The van der Waals surface area contributed by atoms with Crippen molar-refractivity contribution >= 4 is 11.6 Å². The van der Waals surface area contributed by atoms with Gasteiger partial charge in [-0.05, 0) is 20.8 Å². The Bertz CT molecular complexity index is 193. The number of Topliss-reactive ketones (excluding diaryl/α,β-unsaturated/α-hetero) is 2. The van der Waals surface area contributed by atoms with Gasteiger partial charge in [0.15, 0.2) is 0 Å². The number of hydrogen-bond acceptors (Lipinski definition) is 3. The van der Waals surface area contributed by atoms with Crippen LogP contribution < -0.4 is 0 Å². The van der Waals surface area contributed by atoms with E-state index in [1.165, 1.54) is 0 Å². The zero-order valence-corrected chi connectivity index (χ0v) is 6.30. The van der Waals surface area contributed by atoms with Gasteiger partial charge in [-0.15, -0.1) is 0 Å². The van der Waals surface area contributed by atoms with E-state index in [0.717, 1.165) is 0 Å². The summed E-state index contributed by atoms with van der Waals surface area (Å²) in [5.41, 5.74) is -0.892. The Labute approximate surface area is 59.4 Å². The van der Waals surface area contributed by atoms with Crippen molar-refractivity contribution in [1.29, 1.82) is 0 Å². The average Bonchev–Trinajstić information content (AvgIpc) is 1.95.